The van der Waals surface area contributed by atoms with Gasteiger partial charge in [-0.3, -0.25) is 4.79 Å². The molecule has 0 N–H and O–H groups in total. The van der Waals surface area contributed by atoms with E-state index in [1.54, 1.807) is 36.4 Å². The molecule has 1 aliphatic carbocycles. The van der Waals surface area contributed by atoms with Crippen molar-refractivity contribution in [3.8, 4) is 17.2 Å². The van der Waals surface area contributed by atoms with Crippen molar-refractivity contribution in [2.45, 2.75) is 31.3 Å². The van der Waals surface area contributed by atoms with E-state index in [4.69, 9.17) is 14.2 Å². The molecule has 4 rings (SSSR count). The molecule has 0 heterocycles. The second-order valence-electron chi connectivity index (χ2n) is 7.52. The first-order valence-electron chi connectivity index (χ1n) is 10.1. The number of hydrogen-bond donors (Lipinski definition) is 0. The maximum Gasteiger partial charge on any atom is 0.323 e. The fourth-order valence-electron chi connectivity index (χ4n) is 3.55. The van der Waals surface area contributed by atoms with Crippen molar-refractivity contribution in [2.75, 3.05) is 6.61 Å². The number of carbonyl (C=O) groups is 1. The average Bonchev–Trinajstić information content (AvgIpc) is 3.38. The van der Waals surface area contributed by atoms with Gasteiger partial charge >= 0.3 is 5.97 Å². The largest absolute Gasteiger partial charge is 0.494 e. The maximum absolute atomic E-state index is 14.3. The van der Waals surface area contributed by atoms with E-state index in [9.17, 15) is 18.0 Å². The smallest absolute Gasteiger partial charge is 0.323 e. The molecule has 1 unspecified atom stereocenters. The fourth-order valence-corrected chi connectivity index (χ4v) is 3.55. The molecule has 0 amide bonds. The van der Waals surface area contributed by atoms with Gasteiger partial charge in [-0.25, -0.2) is 13.2 Å². The van der Waals surface area contributed by atoms with Gasteiger partial charge in [-0.15, -0.1) is 0 Å². The van der Waals surface area contributed by atoms with Gasteiger partial charge in [0, 0.05) is 6.42 Å². The van der Waals surface area contributed by atoms with Crippen molar-refractivity contribution in [1.29, 1.82) is 0 Å². The van der Waals surface area contributed by atoms with Gasteiger partial charge in [-0.05, 0) is 66.6 Å². The average molecular weight is 442 g/mol. The van der Waals surface area contributed by atoms with E-state index in [1.165, 1.54) is 36.4 Å². The Morgan fingerprint density at radius 1 is 0.938 bits per heavy atom. The third kappa shape index (κ3) is 4.28. The first kappa shape index (κ1) is 21.7. The van der Waals surface area contributed by atoms with Gasteiger partial charge in [-0.1, -0.05) is 24.3 Å². The Kier molecular flexibility index (Phi) is 5.82. The number of ether oxygens (including phenoxy) is 3. The van der Waals surface area contributed by atoms with Gasteiger partial charge in [0.2, 0.25) is 0 Å². The summed E-state index contributed by atoms with van der Waals surface area (Å²) in [7, 11) is 0. The van der Waals surface area contributed by atoms with Crippen LogP contribution in [0.25, 0.3) is 0 Å². The highest BCUT2D eigenvalue weighted by Gasteiger charge is 2.77. The highest BCUT2D eigenvalue weighted by atomic mass is 19.3. The summed E-state index contributed by atoms with van der Waals surface area (Å²) in [5.74, 6) is -3.10. The predicted molar refractivity (Wildman–Crippen MR) is 112 cm³/mol. The summed E-state index contributed by atoms with van der Waals surface area (Å²) < 4.78 is 58.0. The minimum atomic E-state index is -3.18. The molecule has 0 radical (unpaired) electrons. The molecule has 0 saturated heterocycles. The summed E-state index contributed by atoms with van der Waals surface area (Å²) in [6.45, 7) is 2.09. The van der Waals surface area contributed by atoms with Crippen LogP contribution in [0.2, 0.25) is 0 Å². The lowest BCUT2D eigenvalue weighted by atomic mass is 9.95. The Morgan fingerprint density at radius 3 is 2.22 bits per heavy atom. The highest BCUT2D eigenvalue weighted by Crippen LogP contribution is 2.62. The van der Waals surface area contributed by atoms with Gasteiger partial charge in [0.1, 0.15) is 29.7 Å². The van der Waals surface area contributed by atoms with Crippen LogP contribution in [0.1, 0.15) is 24.5 Å². The molecule has 0 spiro atoms. The lowest BCUT2D eigenvalue weighted by molar-refractivity contribution is -0.151. The Hall–Kier alpha value is -3.48. The molecule has 166 valence electrons. The quantitative estimate of drug-likeness (QED) is 0.399. The summed E-state index contributed by atoms with van der Waals surface area (Å²) >= 11 is 0. The molecule has 0 aromatic heterocycles. The van der Waals surface area contributed by atoms with Crippen LogP contribution in [0.15, 0.2) is 72.8 Å². The summed E-state index contributed by atoms with van der Waals surface area (Å²) in [6.07, 6.45) is -0.597. The van der Waals surface area contributed by atoms with Crippen LogP contribution in [0.5, 0.6) is 17.2 Å². The molecule has 1 atom stereocenters. The van der Waals surface area contributed by atoms with Crippen molar-refractivity contribution in [3.05, 3.63) is 89.7 Å². The van der Waals surface area contributed by atoms with Crippen LogP contribution in [-0.2, 0) is 21.6 Å². The predicted octanol–water partition coefficient (Wildman–Crippen LogP) is 6.04. The standard InChI is InChI=1S/C25H21F3O4/c1-2-30-20-10-6-18(7-11-20)24(16-25(24,27)28)23(29)31-15-17-4-3-5-22(14-17)32-21-12-8-19(26)9-13-21/h3-14H,2,15-16H2,1H3. The van der Waals surface area contributed by atoms with Crippen LogP contribution < -0.4 is 9.47 Å². The number of halogens is 3. The second-order valence-corrected chi connectivity index (χ2v) is 7.52. The van der Waals surface area contributed by atoms with Gasteiger partial charge in [0.05, 0.1) is 6.61 Å². The number of esters is 1. The summed E-state index contributed by atoms with van der Waals surface area (Å²) in [6, 6.07) is 18.3. The summed E-state index contributed by atoms with van der Waals surface area (Å²) in [5, 5.41) is 0. The zero-order valence-electron chi connectivity index (χ0n) is 17.3. The number of hydrogen-bond acceptors (Lipinski definition) is 4. The molecule has 32 heavy (non-hydrogen) atoms. The van der Waals surface area contributed by atoms with Gasteiger partial charge < -0.3 is 14.2 Å². The Labute approximate surface area is 183 Å². The molecule has 1 saturated carbocycles. The van der Waals surface area contributed by atoms with E-state index < -0.39 is 23.7 Å². The molecule has 0 bridgehead atoms. The molecule has 3 aromatic carbocycles. The topological polar surface area (TPSA) is 44.8 Å². The Balaban J connectivity index is 1.44. The Morgan fingerprint density at radius 2 is 1.59 bits per heavy atom. The second kappa shape index (κ2) is 8.57. The first-order chi connectivity index (χ1) is 15.3. The molecule has 4 nitrogen and oxygen atoms in total. The zero-order chi connectivity index (χ0) is 22.8. The van der Waals surface area contributed by atoms with Crippen LogP contribution >= 0.6 is 0 Å². The van der Waals surface area contributed by atoms with Crippen LogP contribution in [0.3, 0.4) is 0 Å². The minimum absolute atomic E-state index is 0.186. The molecule has 1 fully saturated rings. The fraction of sp³-hybridized carbons (Fsp3) is 0.240. The lowest BCUT2D eigenvalue weighted by Crippen LogP contribution is -2.29. The van der Waals surface area contributed by atoms with Crippen LogP contribution in [-0.4, -0.2) is 18.5 Å². The minimum Gasteiger partial charge on any atom is -0.494 e. The summed E-state index contributed by atoms with van der Waals surface area (Å²) in [4.78, 5) is 12.7. The normalized spacial score (nSPS) is 18.6. The van der Waals surface area contributed by atoms with Gasteiger partial charge in [-0.2, -0.15) is 0 Å². The van der Waals surface area contributed by atoms with E-state index in [-0.39, 0.29) is 18.0 Å². The van der Waals surface area contributed by atoms with Crippen molar-refractivity contribution in [3.63, 3.8) is 0 Å². The van der Waals surface area contributed by atoms with E-state index in [0.29, 0.717) is 29.4 Å². The number of alkyl halides is 2. The SMILES string of the molecule is CCOc1ccc(C2(C(=O)OCc3cccc(Oc4ccc(F)cc4)c3)CC2(F)F)cc1. The van der Waals surface area contributed by atoms with Crippen molar-refractivity contribution < 1.29 is 32.2 Å². The number of carbonyl (C=O) groups excluding carboxylic acids is 1. The highest BCUT2D eigenvalue weighted by molar-refractivity contribution is 5.89. The molecule has 1 aliphatic rings. The van der Waals surface area contributed by atoms with Gasteiger partial charge in [0.15, 0.2) is 5.41 Å². The molecule has 0 aliphatic heterocycles. The van der Waals surface area contributed by atoms with Crippen molar-refractivity contribution in [1.82, 2.24) is 0 Å². The maximum atomic E-state index is 14.3. The van der Waals surface area contributed by atoms with E-state index in [2.05, 4.69) is 0 Å². The molecular formula is C25H21F3O4. The summed E-state index contributed by atoms with van der Waals surface area (Å²) in [5.41, 5.74) is -1.21. The van der Waals surface area contributed by atoms with Crippen LogP contribution in [0.4, 0.5) is 13.2 Å². The third-order valence-electron chi connectivity index (χ3n) is 5.31. The number of benzene rings is 3. The Bertz CT molecular complexity index is 1100. The monoisotopic (exact) mass is 442 g/mol. The van der Waals surface area contributed by atoms with Crippen molar-refractivity contribution in [2.24, 2.45) is 0 Å². The zero-order valence-corrected chi connectivity index (χ0v) is 17.3. The van der Waals surface area contributed by atoms with Crippen LogP contribution in [0, 0.1) is 5.82 Å². The number of rotatable bonds is 8. The van der Waals surface area contributed by atoms with E-state index >= 15 is 0 Å². The molecule has 7 heteroatoms. The molecular weight excluding hydrogens is 421 g/mol. The van der Waals surface area contributed by atoms with E-state index in [1.807, 2.05) is 6.92 Å². The molecule has 3 aromatic rings. The third-order valence-corrected chi connectivity index (χ3v) is 5.31. The lowest BCUT2D eigenvalue weighted by Gasteiger charge is -2.17. The van der Waals surface area contributed by atoms with Gasteiger partial charge in [0.25, 0.3) is 5.92 Å². The first-order valence-corrected chi connectivity index (χ1v) is 10.1. The van der Waals surface area contributed by atoms with E-state index in [0.717, 1.165) is 0 Å². The van der Waals surface area contributed by atoms with Crippen molar-refractivity contribution >= 4 is 5.97 Å².